The first-order valence-electron chi connectivity index (χ1n) is 13.0. The van der Waals surface area contributed by atoms with E-state index in [0.717, 1.165) is 11.5 Å². The highest BCUT2D eigenvalue weighted by Gasteiger charge is 2.26. The monoisotopic (exact) mass is 451 g/mol. The molecule has 0 amide bonds. The molecule has 0 saturated heterocycles. The molecule has 178 valence electrons. The van der Waals surface area contributed by atoms with Crippen molar-refractivity contribution >= 4 is 0 Å². The average Bonchev–Trinajstić information content (AvgIpc) is 2.83. The van der Waals surface area contributed by atoms with E-state index < -0.39 is 17.2 Å². The summed E-state index contributed by atoms with van der Waals surface area (Å²) in [7, 11) is 0. The van der Waals surface area contributed by atoms with Gasteiger partial charge in [0.1, 0.15) is 23.3 Å². The van der Waals surface area contributed by atoms with E-state index >= 15 is 0 Å². The SMILES string of the molecule is CCCCCCCCCC1CCC(C(C)c2ccc(-c3cc(F)c(C#N)c(F)c3)cc2)CC1. The zero-order valence-corrected chi connectivity index (χ0v) is 20.4. The summed E-state index contributed by atoms with van der Waals surface area (Å²) in [5.74, 6) is 0.503. The Morgan fingerprint density at radius 3 is 2.00 bits per heavy atom. The van der Waals surface area contributed by atoms with E-state index in [4.69, 9.17) is 5.26 Å². The van der Waals surface area contributed by atoms with Crippen LogP contribution in [0, 0.1) is 34.8 Å². The quantitative estimate of drug-likeness (QED) is 0.312. The van der Waals surface area contributed by atoms with Gasteiger partial charge in [-0.2, -0.15) is 5.26 Å². The number of nitrogens with zero attached hydrogens (tertiary/aromatic N) is 1. The molecule has 2 aromatic carbocycles. The lowest BCUT2D eigenvalue weighted by Crippen LogP contribution is -2.19. The van der Waals surface area contributed by atoms with E-state index in [-0.39, 0.29) is 0 Å². The van der Waals surface area contributed by atoms with E-state index in [9.17, 15) is 8.78 Å². The molecule has 0 spiro atoms. The molecule has 1 saturated carbocycles. The maximum Gasteiger partial charge on any atom is 0.144 e. The molecule has 33 heavy (non-hydrogen) atoms. The van der Waals surface area contributed by atoms with Crippen LogP contribution in [-0.2, 0) is 0 Å². The van der Waals surface area contributed by atoms with Crippen molar-refractivity contribution in [1.82, 2.24) is 0 Å². The van der Waals surface area contributed by atoms with Crippen LogP contribution in [-0.4, -0.2) is 0 Å². The Bertz CT molecular complexity index is 881. The van der Waals surface area contributed by atoms with Gasteiger partial charge in [0.25, 0.3) is 0 Å². The number of hydrogen-bond acceptors (Lipinski definition) is 1. The molecule has 3 rings (SSSR count). The molecular weight excluding hydrogens is 412 g/mol. The molecule has 2 aromatic rings. The third kappa shape index (κ3) is 7.13. The van der Waals surface area contributed by atoms with Gasteiger partial charge in [0, 0.05) is 0 Å². The minimum atomic E-state index is -0.807. The molecule has 0 bridgehead atoms. The fourth-order valence-electron chi connectivity index (χ4n) is 5.46. The number of rotatable bonds is 11. The number of nitriles is 1. The summed E-state index contributed by atoms with van der Waals surface area (Å²) in [6.07, 6.45) is 16.4. The Kier molecular flexibility index (Phi) is 9.92. The maximum atomic E-state index is 14.0. The number of benzene rings is 2. The topological polar surface area (TPSA) is 23.8 Å². The van der Waals surface area contributed by atoms with E-state index in [1.807, 2.05) is 12.1 Å². The maximum absolute atomic E-state index is 14.0. The lowest BCUT2D eigenvalue weighted by atomic mass is 9.73. The van der Waals surface area contributed by atoms with Gasteiger partial charge in [0.05, 0.1) is 0 Å². The highest BCUT2D eigenvalue weighted by molar-refractivity contribution is 5.65. The van der Waals surface area contributed by atoms with Crippen LogP contribution in [0.5, 0.6) is 0 Å². The van der Waals surface area contributed by atoms with Crippen molar-refractivity contribution in [2.24, 2.45) is 11.8 Å². The first kappa shape index (κ1) is 25.4. The van der Waals surface area contributed by atoms with Crippen molar-refractivity contribution in [2.75, 3.05) is 0 Å². The summed E-state index contributed by atoms with van der Waals surface area (Å²) in [6, 6.07) is 12.1. The summed E-state index contributed by atoms with van der Waals surface area (Å²) in [5, 5.41) is 8.86. The summed E-state index contributed by atoms with van der Waals surface area (Å²) < 4.78 is 28.0. The van der Waals surface area contributed by atoms with Gasteiger partial charge in [0.2, 0.25) is 0 Å². The van der Waals surface area contributed by atoms with Gasteiger partial charge in [-0.05, 0) is 59.4 Å². The normalized spacial score (nSPS) is 19.2. The largest absolute Gasteiger partial charge is 0.205 e. The van der Waals surface area contributed by atoms with Crippen LogP contribution in [0.25, 0.3) is 11.1 Å². The standard InChI is InChI=1S/C30H39F2N/c1-3-4-5-6-7-8-9-10-23-11-13-24(14-12-23)22(2)25-15-17-26(18-16-25)27-19-29(31)28(21-33)30(32)20-27/h15-20,22-24H,3-14H2,1-2H3. The third-order valence-electron chi connectivity index (χ3n) is 7.74. The Morgan fingerprint density at radius 2 is 1.42 bits per heavy atom. The van der Waals surface area contributed by atoms with E-state index in [1.165, 1.54) is 94.7 Å². The Labute approximate surface area is 199 Å². The second-order valence-corrected chi connectivity index (χ2v) is 10.0. The molecule has 3 heteroatoms. The van der Waals surface area contributed by atoms with Crippen LogP contribution in [0.15, 0.2) is 36.4 Å². The van der Waals surface area contributed by atoms with Crippen molar-refractivity contribution in [3.8, 4) is 17.2 Å². The smallest absolute Gasteiger partial charge is 0.144 e. The molecule has 0 N–H and O–H groups in total. The molecule has 1 nitrogen and oxygen atoms in total. The van der Waals surface area contributed by atoms with Gasteiger partial charge in [-0.1, -0.05) is 102 Å². The zero-order valence-electron chi connectivity index (χ0n) is 20.4. The molecule has 0 aromatic heterocycles. The first-order valence-corrected chi connectivity index (χ1v) is 13.0. The number of hydrogen-bond donors (Lipinski definition) is 0. The molecular formula is C30H39F2N. The van der Waals surface area contributed by atoms with Gasteiger partial charge < -0.3 is 0 Å². The molecule has 1 atom stereocenters. The van der Waals surface area contributed by atoms with Crippen molar-refractivity contribution < 1.29 is 8.78 Å². The van der Waals surface area contributed by atoms with Crippen molar-refractivity contribution in [1.29, 1.82) is 5.26 Å². The minimum Gasteiger partial charge on any atom is -0.205 e. The summed E-state index contributed by atoms with van der Waals surface area (Å²) in [6.45, 7) is 4.59. The van der Waals surface area contributed by atoms with Crippen LogP contribution < -0.4 is 0 Å². The highest BCUT2D eigenvalue weighted by Crippen LogP contribution is 2.40. The van der Waals surface area contributed by atoms with Crippen LogP contribution in [0.4, 0.5) is 8.78 Å². The molecule has 1 unspecified atom stereocenters. The second-order valence-electron chi connectivity index (χ2n) is 10.0. The molecule has 0 radical (unpaired) electrons. The van der Waals surface area contributed by atoms with Crippen LogP contribution in [0.1, 0.15) is 108 Å². The van der Waals surface area contributed by atoms with Crippen LogP contribution in [0.3, 0.4) is 0 Å². The summed E-state index contributed by atoms with van der Waals surface area (Å²) >= 11 is 0. The third-order valence-corrected chi connectivity index (χ3v) is 7.74. The lowest BCUT2D eigenvalue weighted by molar-refractivity contribution is 0.236. The Morgan fingerprint density at radius 1 is 0.848 bits per heavy atom. The average molecular weight is 452 g/mol. The van der Waals surface area contributed by atoms with Crippen molar-refractivity contribution in [3.63, 3.8) is 0 Å². The van der Waals surface area contributed by atoms with Gasteiger partial charge >= 0.3 is 0 Å². The molecule has 0 heterocycles. The Hall–Kier alpha value is -2.21. The summed E-state index contributed by atoms with van der Waals surface area (Å²) in [5.41, 5.74) is 2.01. The molecule has 1 fully saturated rings. The Balaban J connectivity index is 1.47. The fourth-order valence-corrected chi connectivity index (χ4v) is 5.46. The zero-order chi connectivity index (χ0) is 23.6. The van der Waals surface area contributed by atoms with Crippen LogP contribution in [0.2, 0.25) is 0 Å². The minimum absolute atomic E-state index is 0.467. The molecule has 1 aliphatic rings. The predicted octanol–water partition coefficient (Wildman–Crippen LogP) is 9.55. The number of halogens is 2. The molecule has 0 aliphatic heterocycles. The van der Waals surface area contributed by atoms with Crippen molar-refractivity contribution in [2.45, 2.75) is 96.8 Å². The van der Waals surface area contributed by atoms with Gasteiger partial charge in [-0.3, -0.25) is 0 Å². The fraction of sp³-hybridized carbons (Fsp3) is 0.567. The van der Waals surface area contributed by atoms with E-state index in [1.54, 1.807) is 6.07 Å². The highest BCUT2D eigenvalue weighted by atomic mass is 19.1. The van der Waals surface area contributed by atoms with E-state index in [2.05, 4.69) is 26.0 Å². The second kappa shape index (κ2) is 12.9. The first-order chi connectivity index (χ1) is 16.0. The summed E-state index contributed by atoms with van der Waals surface area (Å²) in [4.78, 5) is 0. The van der Waals surface area contributed by atoms with E-state index in [0.29, 0.717) is 17.4 Å². The van der Waals surface area contributed by atoms with Crippen molar-refractivity contribution in [3.05, 3.63) is 59.2 Å². The van der Waals surface area contributed by atoms with Gasteiger partial charge in [-0.15, -0.1) is 0 Å². The predicted molar refractivity (Wildman–Crippen MR) is 133 cm³/mol. The van der Waals surface area contributed by atoms with Gasteiger partial charge in [0.15, 0.2) is 0 Å². The molecule has 1 aliphatic carbocycles. The number of unbranched alkanes of at least 4 members (excludes halogenated alkanes) is 6. The van der Waals surface area contributed by atoms with Gasteiger partial charge in [-0.25, -0.2) is 8.78 Å². The lowest BCUT2D eigenvalue weighted by Gasteiger charge is -2.32. The van der Waals surface area contributed by atoms with Crippen LogP contribution >= 0.6 is 0 Å².